The fourth-order valence-electron chi connectivity index (χ4n) is 2.50. The smallest absolute Gasteiger partial charge is 0.160 e. The lowest BCUT2D eigenvalue weighted by Crippen LogP contribution is -1.95. The monoisotopic (exact) mass is 280 g/mol. The molecule has 0 saturated heterocycles. The van der Waals surface area contributed by atoms with E-state index in [1.165, 1.54) is 62.5 Å². The van der Waals surface area contributed by atoms with Gasteiger partial charge in [0.05, 0.1) is 4.88 Å². The lowest BCUT2D eigenvalue weighted by atomic mass is 9.99. The Morgan fingerprint density at radius 3 is 2.16 bits per heavy atom. The van der Waals surface area contributed by atoms with Crippen LogP contribution in [0.3, 0.4) is 0 Å². The van der Waals surface area contributed by atoms with Gasteiger partial charge in [0.1, 0.15) is 0 Å². The molecule has 1 rings (SSSR count). The third-order valence-electron chi connectivity index (χ3n) is 3.70. The van der Waals surface area contributed by atoms with Crippen molar-refractivity contribution in [2.24, 2.45) is 0 Å². The second kappa shape index (κ2) is 10.2. The number of carbonyl (C=O) groups is 1. The van der Waals surface area contributed by atoms with Gasteiger partial charge in [-0.15, -0.1) is 11.3 Å². The van der Waals surface area contributed by atoms with Crippen LogP contribution in [-0.2, 0) is 12.8 Å². The number of hydrogen-bond acceptors (Lipinski definition) is 2. The molecular weight excluding hydrogens is 252 g/mol. The van der Waals surface area contributed by atoms with E-state index in [2.05, 4.69) is 19.2 Å². The Kier molecular flexibility index (Phi) is 8.81. The molecule has 0 fully saturated rings. The van der Waals surface area contributed by atoms with E-state index in [0.29, 0.717) is 0 Å². The zero-order chi connectivity index (χ0) is 13.9. The maximum Gasteiger partial charge on any atom is 0.160 e. The van der Waals surface area contributed by atoms with Gasteiger partial charge in [0.25, 0.3) is 0 Å². The second-order valence-corrected chi connectivity index (χ2v) is 6.25. The largest absolute Gasteiger partial charge is 0.297 e. The first-order valence-electron chi connectivity index (χ1n) is 7.87. The summed E-state index contributed by atoms with van der Waals surface area (Å²) < 4.78 is 0. The highest BCUT2D eigenvalue weighted by atomic mass is 32.1. The maximum absolute atomic E-state index is 11.1. The topological polar surface area (TPSA) is 17.1 Å². The summed E-state index contributed by atoms with van der Waals surface area (Å²) in [5.41, 5.74) is 2.80. The Morgan fingerprint density at radius 2 is 1.58 bits per heavy atom. The summed E-state index contributed by atoms with van der Waals surface area (Å²) in [6.45, 7) is 4.48. The first-order chi connectivity index (χ1) is 9.33. The molecule has 0 radical (unpaired) electrons. The standard InChI is InChI=1S/C17H28OS/c1-3-5-7-9-11-15-14-19-17(13-18)16(15)12-10-8-6-4-2/h13-14H,3-12H2,1-2H3. The molecule has 1 aromatic heterocycles. The number of thiophene rings is 1. The minimum atomic E-state index is 0.974. The number of carbonyl (C=O) groups excluding carboxylic acids is 1. The van der Waals surface area contributed by atoms with Crippen LogP contribution in [0.1, 0.15) is 86.0 Å². The van der Waals surface area contributed by atoms with Crippen LogP contribution in [0.4, 0.5) is 0 Å². The number of aryl methyl sites for hydroxylation is 1. The van der Waals surface area contributed by atoms with Gasteiger partial charge in [0, 0.05) is 0 Å². The highest BCUT2D eigenvalue weighted by Gasteiger charge is 2.10. The van der Waals surface area contributed by atoms with Gasteiger partial charge in [-0.05, 0) is 42.2 Å². The number of aldehydes is 1. The zero-order valence-corrected chi connectivity index (χ0v) is 13.4. The Bertz CT molecular complexity index is 354. The third kappa shape index (κ3) is 5.90. The molecule has 0 aliphatic carbocycles. The summed E-state index contributed by atoms with van der Waals surface area (Å²) in [5, 5.41) is 2.21. The van der Waals surface area contributed by atoms with Crippen molar-refractivity contribution < 1.29 is 4.79 Å². The molecule has 2 heteroatoms. The van der Waals surface area contributed by atoms with Crippen molar-refractivity contribution in [3.05, 3.63) is 21.4 Å². The average molecular weight is 280 g/mol. The number of unbranched alkanes of at least 4 members (excludes halogenated alkanes) is 6. The molecule has 1 aromatic rings. The van der Waals surface area contributed by atoms with E-state index in [9.17, 15) is 4.79 Å². The number of hydrogen-bond donors (Lipinski definition) is 0. The lowest BCUT2D eigenvalue weighted by molar-refractivity contribution is 0.112. The SMILES string of the molecule is CCCCCCc1csc(C=O)c1CCCCCC. The van der Waals surface area contributed by atoms with Crippen LogP contribution in [0.15, 0.2) is 5.38 Å². The Balaban J connectivity index is 2.49. The van der Waals surface area contributed by atoms with Gasteiger partial charge in [-0.3, -0.25) is 4.79 Å². The van der Waals surface area contributed by atoms with E-state index < -0.39 is 0 Å². The summed E-state index contributed by atoms with van der Waals surface area (Å²) in [7, 11) is 0. The molecule has 0 aliphatic heterocycles. The minimum absolute atomic E-state index is 0.974. The maximum atomic E-state index is 11.1. The van der Waals surface area contributed by atoms with Crippen LogP contribution in [0.5, 0.6) is 0 Å². The van der Waals surface area contributed by atoms with Crippen molar-refractivity contribution in [2.45, 2.75) is 78.1 Å². The lowest BCUT2D eigenvalue weighted by Gasteiger charge is -2.05. The number of rotatable bonds is 11. The van der Waals surface area contributed by atoms with E-state index in [-0.39, 0.29) is 0 Å². The molecule has 0 aromatic carbocycles. The summed E-state index contributed by atoms with van der Waals surface area (Å²) in [6.07, 6.45) is 13.6. The van der Waals surface area contributed by atoms with Crippen molar-refractivity contribution in [1.82, 2.24) is 0 Å². The van der Waals surface area contributed by atoms with Crippen molar-refractivity contribution in [3.8, 4) is 0 Å². The molecule has 1 heterocycles. The first-order valence-corrected chi connectivity index (χ1v) is 8.75. The Morgan fingerprint density at radius 1 is 0.947 bits per heavy atom. The highest BCUT2D eigenvalue weighted by Crippen LogP contribution is 2.25. The predicted octanol–water partition coefficient (Wildman–Crippen LogP) is 5.81. The van der Waals surface area contributed by atoms with Gasteiger partial charge in [0.15, 0.2) is 6.29 Å². The normalized spacial score (nSPS) is 10.8. The fraction of sp³-hybridized carbons (Fsp3) is 0.706. The molecule has 1 nitrogen and oxygen atoms in total. The molecule has 0 amide bonds. The predicted molar refractivity (Wildman–Crippen MR) is 85.4 cm³/mol. The second-order valence-electron chi connectivity index (χ2n) is 5.34. The van der Waals surface area contributed by atoms with E-state index >= 15 is 0 Å². The minimum Gasteiger partial charge on any atom is -0.297 e. The van der Waals surface area contributed by atoms with E-state index in [4.69, 9.17) is 0 Å². The highest BCUT2D eigenvalue weighted by molar-refractivity contribution is 7.12. The van der Waals surface area contributed by atoms with Crippen LogP contribution in [-0.4, -0.2) is 6.29 Å². The molecule has 0 saturated carbocycles. The summed E-state index contributed by atoms with van der Waals surface area (Å²) in [4.78, 5) is 12.1. The Labute approximate surface area is 122 Å². The van der Waals surface area contributed by atoms with Crippen LogP contribution in [0, 0.1) is 0 Å². The molecule has 19 heavy (non-hydrogen) atoms. The van der Waals surface area contributed by atoms with Crippen molar-refractivity contribution in [1.29, 1.82) is 0 Å². The van der Waals surface area contributed by atoms with Gasteiger partial charge in [0.2, 0.25) is 0 Å². The van der Waals surface area contributed by atoms with Crippen LogP contribution >= 0.6 is 11.3 Å². The van der Waals surface area contributed by atoms with Gasteiger partial charge < -0.3 is 0 Å². The zero-order valence-electron chi connectivity index (χ0n) is 12.5. The van der Waals surface area contributed by atoms with E-state index in [1.807, 2.05) is 0 Å². The first kappa shape index (κ1) is 16.4. The molecule has 0 unspecified atom stereocenters. The molecule has 0 aliphatic rings. The van der Waals surface area contributed by atoms with Gasteiger partial charge in [-0.1, -0.05) is 52.4 Å². The van der Waals surface area contributed by atoms with E-state index in [0.717, 1.165) is 24.0 Å². The average Bonchev–Trinajstić information content (AvgIpc) is 2.82. The fourth-order valence-corrected chi connectivity index (χ4v) is 3.46. The molecule has 0 N–H and O–H groups in total. The van der Waals surface area contributed by atoms with Crippen molar-refractivity contribution in [2.75, 3.05) is 0 Å². The van der Waals surface area contributed by atoms with Crippen LogP contribution in [0.2, 0.25) is 0 Å². The van der Waals surface area contributed by atoms with E-state index in [1.54, 1.807) is 11.3 Å². The summed E-state index contributed by atoms with van der Waals surface area (Å²) >= 11 is 1.64. The molecular formula is C17H28OS. The quantitative estimate of drug-likeness (QED) is 0.369. The third-order valence-corrected chi connectivity index (χ3v) is 4.70. The van der Waals surface area contributed by atoms with Gasteiger partial charge in [-0.2, -0.15) is 0 Å². The molecule has 0 bridgehead atoms. The van der Waals surface area contributed by atoms with Crippen molar-refractivity contribution >= 4 is 17.6 Å². The van der Waals surface area contributed by atoms with Crippen LogP contribution in [0.25, 0.3) is 0 Å². The Hall–Kier alpha value is -0.630. The summed E-state index contributed by atoms with van der Waals surface area (Å²) in [5.74, 6) is 0. The molecule has 0 atom stereocenters. The molecule has 0 spiro atoms. The summed E-state index contributed by atoms with van der Waals surface area (Å²) in [6, 6.07) is 0. The van der Waals surface area contributed by atoms with Crippen molar-refractivity contribution in [3.63, 3.8) is 0 Å². The van der Waals surface area contributed by atoms with Gasteiger partial charge in [-0.25, -0.2) is 0 Å². The molecule has 108 valence electrons. The van der Waals surface area contributed by atoms with Crippen LogP contribution < -0.4 is 0 Å². The van der Waals surface area contributed by atoms with Gasteiger partial charge >= 0.3 is 0 Å².